The molecule has 1 aliphatic rings. The smallest absolute Gasteiger partial charge is 0.315 e. The van der Waals surface area contributed by atoms with Crippen LogP contribution in [0, 0.1) is 0 Å². The zero-order valence-corrected chi connectivity index (χ0v) is 8.97. The van der Waals surface area contributed by atoms with Gasteiger partial charge in [0.2, 0.25) is 0 Å². The van der Waals surface area contributed by atoms with E-state index in [4.69, 9.17) is 5.11 Å². The van der Waals surface area contributed by atoms with Gasteiger partial charge in [0.25, 0.3) is 0 Å². The van der Waals surface area contributed by atoms with E-state index in [0.717, 1.165) is 19.3 Å². The van der Waals surface area contributed by atoms with E-state index in [1.165, 1.54) is 6.42 Å². The third-order valence-electron chi connectivity index (χ3n) is 2.99. The molecule has 14 heavy (non-hydrogen) atoms. The van der Waals surface area contributed by atoms with Gasteiger partial charge in [-0.15, -0.1) is 0 Å². The number of carbonyl (C=O) groups is 1. The second-order valence-corrected chi connectivity index (χ2v) is 4.30. The Balaban J connectivity index is 2.30. The van der Waals surface area contributed by atoms with Crippen molar-refractivity contribution in [3.8, 4) is 0 Å². The van der Waals surface area contributed by atoms with Gasteiger partial charge in [-0.05, 0) is 32.6 Å². The number of nitrogens with one attached hydrogen (secondary N) is 2. The molecule has 1 saturated carbocycles. The molecule has 0 aromatic carbocycles. The second kappa shape index (κ2) is 4.64. The standard InChI is InChI=1S/C10H20N2O2/c1-3-10(2,7-13)12-9(14)11-8-5-4-6-8/h8,13H,3-7H2,1-2H3,(H2,11,12,14). The molecule has 82 valence electrons. The van der Waals surface area contributed by atoms with E-state index < -0.39 is 5.54 Å². The highest BCUT2D eigenvalue weighted by atomic mass is 16.3. The monoisotopic (exact) mass is 200 g/mol. The zero-order chi connectivity index (χ0) is 10.6. The van der Waals surface area contributed by atoms with Gasteiger partial charge in [0.05, 0.1) is 12.1 Å². The van der Waals surface area contributed by atoms with Gasteiger partial charge < -0.3 is 15.7 Å². The molecule has 4 nitrogen and oxygen atoms in total. The Morgan fingerprint density at radius 2 is 2.21 bits per heavy atom. The number of hydrogen-bond donors (Lipinski definition) is 3. The lowest BCUT2D eigenvalue weighted by molar-refractivity contribution is 0.164. The molecule has 3 N–H and O–H groups in total. The number of amides is 2. The molecule has 0 spiro atoms. The van der Waals surface area contributed by atoms with Gasteiger partial charge >= 0.3 is 6.03 Å². The molecule has 1 atom stereocenters. The molecule has 0 bridgehead atoms. The SMILES string of the molecule is CCC(C)(CO)NC(=O)NC1CCC1. The van der Waals surface area contributed by atoms with E-state index in [9.17, 15) is 4.79 Å². The molecule has 0 saturated heterocycles. The van der Waals surface area contributed by atoms with Gasteiger partial charge in [-0.3, -0.25) is 0 Å². The van der Waals surface area contributed by atoms with E-state index in [-0.39, 0.29) is 12.6 Å². The highest BCUT2D eigenvalue weighted by Crippen LogP contribution is 2.18. The summed E-state index contributed by atoms with van der Waals surface area (Å²) in [5.74, 6) is 0. The maximum atomic E-state index is 11.4. The largest absolute Gasteiger partial charge is 0.394 e. The van der Waals surface area contributed by atoms with Crippen LogP contribution in [0.3, 0.4) is 0 Å². The van der Waals surface area contributed by atoms with Crippen molar-refractivity contribution in [1.29, 1.82) is 0 Å². The molecule has 2 amide bonds. The quantitative estimate of drug-likeness (QED) is 0.634. The maximum absolute atomic E-state index is 11.4. The molecule has 0 aliphatic heterocycles. The Morgan fingerprint density at radius 1 is 1.57 bits per heavy atom. The summed E-state index contributed by atoms with van der Waals surface area (Å²) in [5.41, 5.74) is -0.492. The van der Waals surface area contributed by atoms with Crippen LogP contribution in [0.25, 0.3) is 0 Å². The molecule has 4 heteroatoms. The zero-order valence-electron chi connectivity index (χ0n) is 8.97. The summed E-state index contributed by atoms with van der Waals surface area (Å²) in [6.45, 7) is 3.76. The molecule has 1 aliphatic carbocycles. The topological polar surface area (TPSA) is 61.4 Å². The lowest BCUT2D eigenvalue weighted by Crippen LogP contribution is -2.55. The molecule has 0 aromatic rings. The van der Waals surface area contributed by atoms with E-state index in [1.807, 2.05) is 13.8 Å². The highest BCUT2D eigenvalue weighted by molar-refractivity contribution is 5.75. The molecule has 1 unspecified atom stereocenters. The van der Waals surface area contributed by atoms with Crippen LogP contribution in [0.15, 0.2) is 0 Å². The van der Waals surface area contributed by atoms with E-state index in [0.29, 0.717) is 6.04 Å². The van der Waals surface area contributed by atoms with Crippen LogP contribution in [0.4, 0.5) is 4.79 Å². The predicted molar refractivity (Wildman–Crippen MR) is 55.1 cm³/mol. The third-order valence-corrected chi connectivity index (χ3v) is 2.99. The number of aliphatic hydroxyl groups is 1. The van der Waals surface area contributed by atoms with E-state index in [2.05, 4.69) is 10.6 Å². The molecular weight excluding hydrogens is 180 g/mol. The minimum atomic E-state index is -0.492. The molecular formula is C10H20N2O2. The van der Waals surface area contributed by atoms with Crippen molar-refractivity contribution in [2.24, 2.45) is 0 Å². The Bertz CT molecular complexity index is 198. The van der Waals surface area contributed by atoms with Crippen molar-refractivity contribution in [2.75, 3.05) is 6.61 Å². The van der Waals surface area contributed by atoms with Crippen LogP contribution in [0.2, 0.25) is 0 Å². The predicted octanol–water partition coefficient (Wildman–Crippen LogP) is 0.999. The minimum Gasteiger partial charge on any atom is -0.394 e. The van der Waals surface area contributed by atoms with Crippen molar-refractivity contribution in [3.63, 3.8) is 0 Å². The summed E-state index contributed by atoms with van der Waals surface area (Å²) >= 11 is 0. The first-order valence-electron chi connectivity index (χ1n) is 5.29. The molecule has 0 radical (unpaired) electrons. The fourth-order valence-electron chi connectivity index (χ4n) is 1.29. The van der Waals surface area contributed by atoms with E-state index >= 15 is 0 Å². The van der Waals surface area contributed by atoms with Crippen LogP contribution in [-0.2, 0) is 0 Å². The second-order valence-electron chi connectivity index (χ2n) is 4.30. The summed E-state index contributed by atoms with van der Waals surface area (Å²) in [4.78, 5) is 11.4. The van der Waals surface area contributed by atoms with Crippen molar-refractivity contribution in [2.45, 2.75) is 51.1 Å². The lowest BCUT2D eigenvalue weighted by Gasteiger charge is -2.31. The van der Waals surface area contributed by atoms with Crippen LogP contribution < -0.4 is 10.6 Å². The number of rotatable bonds is 4. The molecule has 0 aromatic heterocycles. The summed E-state index contributed by atoms with van der Waals surface area (Å²) in [6, 6.07) is 0.183. The average molecular weight is 200 g/mol. The first-order valence-corrected chi connectivity index (χ1v) is 5.29. The number of urea groups is 1. The number of aliphatic hydroxyl groups excluding tert-OH is 1. The van der Waals surface area contributed by atoms with Crippen LogP contribution in [-0.4, -0.2) is 29.3 Å². The first kappa shape index (κ1) is 11.3. The summed E-state index contributed by atoms with van der Waals surface area (Å²) in [7, 11) is 0. The lowest BCUT2D eigenvalue weighted by atomic mass is 9.93. The number of hydrogen-bond acceptors (Lipinski definition) is 2. The Kier molecular flexibility index (Phi) is 3.75. The Morgan fingerprint density at radius 3 is 2.57 bits per heavy atom. The van der Waals surface area contributed by atoms with Gasteiger partial charge in [-0.25, -0.2) is 4.79 Å². The molecule has 0 heterocycles. The number of carbonyl (C=O) groups excluding carboxylic acids is 1. The fraction of sp³-hybridized carbons (Fsp3) is 0.900. The van der Waals surface area contributed by atoms with Crippen LogP contribution in [0.1, 0.15) is 39.5 Å². The van der Waals surface area contributed by atoms with Crippen LogP contribution >= 0.6 is 0 Å². The van der Waals surface area contributed by atoms with Gasteiger partial charge in [0.1, 0.15) is 0 Å². The van der Waals surface area contributed by atoms with Crippen molar-refractivity contribution < 1.29 is 9.90 Å². The van der Waals surface area contributed by atoms with Gasteiger partial charge in [-0.1, -0.05) is 6.92 Å². The van der Waals surface area contributed by atoms with Crippen molar-refractivity contribution >= 4 is 6.03 Å². The van der Waals surface area contributed by atoms with Crippen LogP contribution in [0.5, 0.6) is 0 Å². The molecule has 1 fully saturated rings. The summed E-state index contributed by atoms with van der Waals surface area (Å²) in [6.07, 6.45) is 4.09. The maximum Gasteiger partial charge on any atom is 0.315 e. The fourth-order valence-corrected chi connectivity index (χ4v) is 1.29. The summed E-state index contributed by atoms with van der Waals surface area (Å²) in [5, 5.41) is 14.8. The van der Waals surface area contributed by atoms with Gasteiger partial charge in [0.15, 0.2) is 0 Å². The first-order chi connectivity index (χ1) is 6.59. The van der Waals surface area contributed by atoms with E-state index in [1.54, 1.807) is 0 Å². The summed E-state index contributed by atoms with van der Waals surface area (Å²) < 4.78 is 0. The Labute approximate surface area is 85.1 Å². The average Bonchev–Trinajstić information content (AvgIpc) is 2.11. The van der Waals surface area contributed by atoms with Crippen molar-refractivity contribution in [3.05, 3.63) is 0 Å². The third kappa shape index (κ3) is 2.87. The normalized spacial score (nSPS) is 20.8. The van der Waals surface area contributed by atoms with Gasteiger partial charge in [0, 0.05) is 6.04 Å². The van der Waals surface area contributed by atoms with Gasteiger partial charge in [-0.2, -0.15) is 0 Å². The Hall–Kier alpha value is -0.770. The minimum absolute atomic E-state index is 0.0262. The molecule has 1 rings (SSSR count). The highest BCUT2D eigenvalue weighted by Gasteiger charge is 2.25. The van der Waals surface area contributed by atoms with Crippen molar-refractivity contribution in [1.82, 2.24) is 10.6 Å².